The van der Waals surface area contributed by atoms with Crippen LogP contribution in [-0.2, 0) is 17.8 Å². The monoisotopic (exact) mass is 496 g/mol. The topological polar surface area (TPSA) is 107 Å². The van der Waals surface area contributed by atoms with E-state index in [1.165, 1.54) is 19.3 Å². The number of aromatic amines is 1. The second-order valence-electron chi connectivity index (χ2n) is 10.1. The summed E-state index contributed by atoms with van der Waals surface area (Å²) in [4.78, 5) is 18.8. The van der Waals surface area contributed by atoms with Crippen molar-refractivity contribution in [3.63, 3.8) is 0 Å². The number of hydrogen-bond acceptors (Lipinski definition) is 8. The normalized spacial score (nSPS) is 17.2. The molecule has 36 heavy (non-hydrogen) atoms. The van der Waals surface area contributed by atoms with Crippen LogP contribution in [0.15, 0.2) is 23.0 Å². The van der Waals surface area contributed by atoms with E-state index in [1.807, 2.05) is 22.9 Å². The summed E-state index contributed by atoms with van der Waals surface area (Å²) >= 11 is 0. The fourth-order valence-corrected chi connectivity index (χ4v) is 5.56. The summed E-state index contributed by atoms with van der Waals surface area (Å²) in [5.74, 6) is 2.46. The van der Waals surface area contributed by atoms with E-state index < -0.39 is 0 Å². The van der Waals surface area contributed by atoms with E-state index in [-0.39, 0.29) is 17.5 Å². The van der Waals surface area contributed by atoms with Crippen molar-refractivity contribution in [3.8, 4) is 11.5 Å². The molecule has 0 amide bonds. The molecule has 0 spiro atoms. The molecule has 0 radical (unpaired) electrons. The van der Waals surface area contributed by atoms with E-state index in [0.717, 1.165) is 35.1 Å². The van der Waals surface area contributed by atoms with Crippen LogP contribution in [0.2, 0.25) is 0 Å². The van der Waals surface area contributed by atoms with Crippen molar-refractivity contribution in [1.82, 2.24) is 30.1 Å². The van der Waals surface area contributed by atoms with Gasteiger partial charge >= 0.3 is 0 Å². The number of benzene rings is 1. The molecule has 1 N–H and O–H groups in total. The van der Waals surface area contributed by atoms with Crippen molar-refractivity contribution in [1.29, 1.82) is 0 Å². The van der Waals surface area contributed by atoms with Gasteiger partial charge in [-0.25, -0.2) is 4.68 Å². The second kappa shape index (κ2) is 11.0. The molecule has 0 saturated heterocycles. The van der Waals surface area contributed by atoms with Crippen molar-refractivity contribution in [2.24, 2.45) is 5.92 Å². The molecule has 5 rings (SSSR count). The SMILES string of the molecule is COCCn1nnnc1C(C(C)C)N(Cc1cc2cc3c(cc2[nH]c1=O)OCCO3)C1CCCCC1. The van der Waals surface area contributed by atoms with E-state index >= 15 is 0 Å². The number of fused-ring (bicyclic) bond motifs is 2. The number of pyridine rings is 1. The van der Waals surface area contributed by atoms with Gasteiger partial charge < -0.3 is 19.2 Å². The van der Waals surface area contributed by atoms with Gasteiger partial charge in [-0.1, -0.05) is 33.1 Å². The number of hydrogen-bond donors (Lipinski definition) is 1. The Morgan fingerprint density at radius 3 is 2.61 bits per heavy atom. The van der Waals surface area contributed by atoms with Gasteiger partial charge in [-0.3, -0.25) is 9.69 Å². The predicted molar refractivity (Wildman–Crippen MR) is 135 cm³/mol. The highest BCUT2D eigenvalue weighted by Crippen LogP contribution is 2.36. The van der Waals surface area contributed by atoms with Crippen molar-refractivity contribution < 1.29 is 14.2 Å². The number of rotatable bonds is 9. The van der Waals surface area contributed by atoms with Gasteiger partial charge in [0.25, 0.3) is 5.56 Å². The van der Waals surface area contributed by atoms with Crippen LogP contribution in [-0.4, -0.2) is 63.1 Å². The van der Waals surface area contributed by atoms with Crippen LogP contribution in [0.4, 0.5) is 0 Å². The first-order valence-corrected chi connectivity index (χ1v) is 13.0. The summed E-state index contributed by atoms with van der Waals surface area (Å²) in [7, 11) is 1.68. The fraction of sp³-hybridized carbons (Fsp3) is 0.615. The molecule has 1 aliphatic carbocycles. The molecule has 2 aromatic heterocycles. The lowest BCUT2D eigenvalue weighted by atomic mass is 9.90. The largest absolute Gasteiger partial charge is 0.486 e. The molecule has 10 heteroatoms. The van der Waals surface area contributed by atoms with Crippen LogP contribution < -0.4 is 15.0 Å². The summed E-state index contributed by atoms with van der Waals surface area (Å²) in [6, 6.07) is 6.13. The number of nitrogens with one attached hydrogen (secondary N) is 1. The zero-order chi connectivity index (χ0) is 25.1. The third-order valence-electron chi connectivity index (χ3n) is 7.30. The Bertz CT molecular complexity index is 1230. The zero-order valence-electron chi connectivity index (χ0n) is 21.4. The van der Waals surface area contributed by atoms with E-state index in [2.05, 4.69) is 39.3 Å². The third-order valence-corrected chi connectivity index (χ3v) is 7.30. The molecule has 10 nitrogen and oxygen atoms in total. The standard InChI is InChI=1S/C26H36N6O4/c1-17(2)24(25-28-29-30-32(25)9-10-34-3)31(20-7-5-4-6-8-20)16-19-13-18-14-22-23(36-12-11-35-22)15-21(18)27-26(19)33/h13-15,17,20,24H,4-12,16H2,1-3H3,(H,27,33). The Labute approximate surface area is 210 Å². The fourth-order valence-electron chi connectivity index (χ4n) is 5.56. The Morgan fingerprint density at radius 1 is 1.14 bits per heavy atom. The van der Waals surface area contributed by atoms with Crippen LogP contribution in [0.1, 0.15) is 63.4 Å². The summed E-state index contributed by atoms with van der Waals surface area (Å²) in [6.45, 7) is 7.07. The van der Waals surface area contributed by atoms with Gasteiger partial charge in [-0.15, -0.1) is 5.10 Å². The van der Waals surface area contributed by atoms with E-state index in [4.69, 9.17) is 14.2 Å². The van der Waals surface area contributed by atoms with Crippen molar-refractivity contribution >= 4 is 10.9 Å². The van der Waals surface area contributed by atoms with E-state index in [1.54, 1.807) is 7.11 Å². The van der Waals surface area contributed by atoms with Gasteiger partial charge in [0.2, 0.25) is 0 Å². The lowest BCUT2D eigenvalue weighted by molar-refractivity contribution is 0.0597. The molecule has 1 aromatic carbocycles. The second-order valence-corrected chi connectivity index (χ2v) is 10.1. The summed E-state index contributed by atoms with van der Waals surface area (Å²) in [5, 5.41) is 13.6. The van der Waals surface area contributed by atoms with E-state index in [0.29, 0.717) is 50.5 Å². The van der Waals surface area contributed by atoms with Gasteiger partial charge in [0.1, 0.15) is 13.2 Å². The summed E-state index contributed by atoms with van der Waals surface area (Å²) in [5.41, 5.74) is 1.40. The highest BCUT2D eigenvalue weighted by Gasteiger charge is 2.35. The Hall–Kier alpha value is -2.98. The molecule has 1 saturated carbocycles. The number of ether oxygens (including phenoxy) is 3. The first-order valence-electron chi connectivity index (χ1n) is 13.0. The van der Waals surface area contributed by atoms with Gasteiger partial charge in [0, 0.05) is 36.7 Å². The van der Waals surface area contributed by atoms with Crippen LogP contribution in [0.25, 0.3) is 10.9 Å². The Kier molecular flexibility index (Phi) is 7.52. The lowest BCUT2D eigenvalue weighted by Gasteiger charge is -2.41. The quantitative estimate of drug-likeness (QED) is 0.480. The average Bonchev–Trinajstić information content (AvgIpc) is 3.34. The minimum Gasteiger partial charge on any atom is -0.486 e. The third kappa shape index (κ3) is 5.10. The number of methoxy groups -OCH3 is 1. The average molecular weight is 497 g/mol. The highest BCUT2D eigenvalue weighted by atomic mass is 16.6. The first kappa shape index (κ1) is 24.7. The molecular formula is C26H36N6O4. The molecule has 0 bridgehead atoms. The molecule has 1 fully saturated rings. The number of nitrogens with zero attached hydrogens (tertiary/aromatic N) is 5. The van der Waals surface area contributed by atoms with Crippen molar-refractivity contribution in [2.75, 3.05) is 26.9 Å². The maximum absolute atomic E-state index is 13.3. The molecule has 1 aliphatic heterocycles. The van der Waals surface area contributed by atoms with Crippen molar-refractivity contribution in [2.45, 2.75) is 71.1 Å². The zero-order valence-corrected chi connectivity index (χ0v) is 21.4. The Morgan fingerprint density at radius 2 is 1.89 bits per heavy atom. The summed E-state index contributed by atoms with van der Waals surface area (Å²) in [6.07, 6.45) is 5.85. The maximum Gasteiger partial charge on any atom is 0.252 e. The molecule has 2 aliphatic rings. The molecule has 3 heterocycles. The van der Waals surface area contributed by atoms with Gasteiger partial charge in [0.05, 0.1) is 24.7 Å². The molecular weight excluding hydrogens is 460 g/mol. The van der Waals surface area contributed by atoms with Gasteiger partial charge in [-0.05, 0) is 41.3 Å². The van der Waals surface area contributed by atoms with Gasteiger partial charge in [-0.2, -0.15) is 0 Å². The molecule has 3 aromatic rings. The summed E-state index contributed by atoms with van der Waals surface area (Å²) < 4.78 is 18.6. The predicted octanol–water partition coefficient (Wildman–Crippen LogP) is 3.46. The number of H-pyrrole nitrogens is 1. The number of aromatic nitrogens is 5. The smallest absolute Gasteiger partial charge is 0.252 e. The lowest BCUT2D eigenvalue weighted by Crippen LogP contribution is -2.43. The van der Waals surface area contributed by atoms with Crippen LogP contribution in [0, 0.1) is 5.92 Å². The van der Waals surface area contributed by atoms with Gasteiger partial charge in [0.15, 0.2) is 17.3 Å². The Balaban J connectivity index is 1.53. The molecule has 1 atom stereocenters. The molecule has 194 valence electrons. The van der Waals surface area contributed by atoms with Crippen molar-refractivity contribution in [3.05, 3.63) is 39.9 Å². The van der Waals surface area contributed by atoms with Crippen LogP contribution >= 0.6 is 0 Å². The maximum atomic E-state index is 13.3. The minimum absolute atomic E-state index is 0.0321. The molecule has 1 unspecified atom stereocenters. The first-order chi connectivity index (χ1) is 17.5. The highest BCUT2D eigenvalue weighted by molar-refractivity contribution is 5.83. The number of tetrazole rings is 1. The van der Waals surface area contributed by atoms with Crippen LogP contribution in [0.5, 0.6) is 11.5 Å². The van der Waals surface area contributed by atoms with E-state index in [9.17, 15) is 4.79 Å². The van der Waals surface area contributed by atoms with Crippen LogP contribution in [0.3, 0.4) is 0 Å². The minimum atomic E-state index is -0.0820.